The van der Waals surface area contributed by atoms with Crippen molar-refractivity contribution in [1.29, 1.82) is 0 Å². The monoisotopic (exact) mass is 511 g/mol. The fourth-order valence-corrected chi connectivity index (χ4v) is 5.31. The summed E-state index contributed by atoms with van der Waals surface area (Å²) in [6, 6.07) is 9.42. The molecule has 4 heterocycles. The Hall–Kier alpha value is -3.47. The number of carbonyl (C=O) groups excluding carboxylic acids is 1. The number of nitrogens with zero attached hydrogens (tertiary/aromatic N) is 5. The van der Waals surface area contributed by atoms with Crippen LogP contribution in [-0.4, -0.2) is 46.2 Å². The summed E-state index contributed by atoms with van der Waals surface area (Å²) in [5.41, 5.74) is 6.81. The molecule has 4 rings (SSSR count). The van der Waals surface area contributed by atoms with E-state index in [2.05, 4.69) is 54.3 Å². The molecule has 1 unspecified atom stereocenters. The number of rotatable bonds is 7. The van der Waals surface area contributed by atoms with Crippen LogP contribution in [0.1, 0.15) is 51.4 Å². The van der Waals surface area contributed by atoms with E-state index in [1.54, 1.807) is 12.1 Å². The minimum absolute atomic E-state index is 0.0433. The third-order valence-corrected chi connectivity index (χ3v) is 8.00. The van der Waals surface area contributed by atoms with Crippen molar-refractivity contribution in [2.75, 3.05) is 17.2 Å². The Balaban J connectivity index is 1.74. The maximum absolute atomic E-state index is 13.3. The number of hydrogen-bond acceptors (Lipinski definition) is 8. The van der Waals surface area contributed by atoms with Crippen molar-refractivity contribution in [2.45, 2.75) is 58.1 Å². The summed E-state index contributed by atoms with van der Waals surface area (Å²) < 4.78 is 29.7. The summed E-state index contributed by atoms with van der Waals surface area (Å²) in [7, 11) is -4.23. The molecule has 1 aliphatic heterocycles. The molecule has 1 saturated heterocycles. The molecule has 0 spiro atoms. The van der Waals surface area contributed by atoms with Gasteiger partial charge in [-0.3, -0.25) is 9.48 Å². The molecular weight excluding hydrogens is 478 g/mol. The van der Waals surface area contributed by atoms with Crippen LogP contribution < -0.4 is 15.4 Å². The molecule has 0 aromatic carbocycles. The average molecular weight is 512 g/mol. The van der Waals surface area contributed by atoms with E-state index in [0.29, 0.717) is 35.6 Å². The first kappa shape index (κ1) is 25.6. The highest BCUT2D eigenvalue weighted by atomic mass is 32.2. The molecule has 11 heteroatoms. The molecule has 0 radical (unpaired) electrons. The first-order valence-electron chi connectivity index (χ1n) is 12.0. The van der Waals surface area contributed by atoms with Crippen LogP contribution in [-0.2, 0) is 16.6 Å². The number of sulfonamides is 1. The number of pyridine rings is 2. The number of carbonyl (C=O) groups is 1. The van der Waals surface area contributed by atoms with Crippen molar-refractivity contribution < 1.29 is 13.2 Å². The highest BCUT2D eigenvalue weighted by Crippen LogP contribution is 2.39. The Labute approximate surface area is 212 Å². The molecular formula is C25H33N7O3S. The van der Waals surface area contributed by atoms with Gasteiger partial charge in [0, 0.05) is 24.8 Å². The summed E-state index contributed by atoms with van der Waals surface area (Å²) in [4.78, 5) is 24.1. The molecule has 3 aromatic heterocycles. The summed E-state index contributed by atoms with van der Waals surface area (Å²) in [5, 5.41) is 4.31. The fraction of sp³-hybridized carbons (Fsp3) is 0.440. The maximum Gasteiger partial charge on any atom is 0.281 e. The Bertz CT molecular complexity index is 1380. The topological polar surface area (TPSA) is 136 Å². The van der Waals surface area contributed by atoms with Gasteiger partial charge in [0.05, 0.1) is 11.3 Å². The number of nitrogen functional groups attached to an aromatic ring is 1. The van der Waals surface area contributed by atoms with Gasteiger partial charge in [0.2, 0.25) is 0 Å². The van der Waals surface area contributed by atoms with E-state index in [-0.39, 0.29) is 21.9 Å². The van der Waals surface area contributed by atoms with Crippen molar-refractivity contribution >= 4 is 27.6 Å². The van der Waals surface area contributed by atoms with Crippen LogP contribution in [0.5, 0.6) is 0 Å². The standard InChI is InChI=1S/C25H33N7O3S/c1-16(2)15-31-13-12-20(29-31)19-10-9-18(23(27-19)32-14-11-17(3)25(32,4)5)24(33)30-36(34,35)22-8-6-7-21(26)28-22/h6-10,12-13,16-17H,11,14-15H2,1-5H3,(H2,26,28)(H,30,33). The van der Waals surface area contributed by atoms with Crippen LogP contribution in [0.3, 0.4) is 0 Å². The maximum atomic E-state index is 13.3. The first-order valence-corrected chi connectivity index (χ1v) is 13.5. The minimum atomic E-state index is -4.23. The van der Waals surface area contributed by atoms with Gasteiger partial charge in [-0.25, -0.2) is 14.7 Å². The first-order chi connectivity index (χ1) is 16.9. The largest absolute Gasteiger partial charge is 0.384 e. The van der Waals surface area contributed by atoms with Crippen LogP contribution in [0.4, 0.5) is 11.6 Å². The van der Waals surface area contributed by atoms with Gasteiger partial charge in [0.25, 0.3) is 15.9 Å². The second-order valence-electron chi connectivity index (χ2n) is 10.2. The smallest absolute Gasteiger partial charge is 0.281 e. The van der Waals surface area contributed by atoms with E-state index in [0.717, 1.165) is 13.0 Å². The molecule has 1 atom stereocenters. The van der Waals surface area contributed by atoms with Crippen molar-refractivity contribution in [3.8, 4) is 11.4 Å². The SMILES string of the molecule is CC(C)Cn1ccc(-c2ccc(C(=O)NS(=O)(=O)c3cccc(N)n3)c(N3CCC(C)C3(C)C)n2)n1. The lowest BCUT2D eigenvalue weighted by Crippen LogP contribution is -2.43. The lowest BCUT2D eigenvalue weighted by atomic mass is 9.90. The van der Waals surface area contributed by atoms with Crippen LogP contribution in [0, 0.1) is 11.8 Å². The summed E-state index contributed by atoms with van der Waals surface area (Å²) in [6.07, 6.45) is 2.83. The summed E-state index contributed by atoms with van der Waals surface area (Å²) >= 11 is 0. The van der Waals surface area contributed by atoms with Crippen LogP contribution >= 0.6 is 0 Å². The Morgan fingerprint density at radius 3 is 2.56 bits per heavy atom. The minimum Gasteiger partial charge on any atom is -0.384 e. The van der Waals surface area contributed by atoms with Crippen molar-refractivity contribution in [1.82, 2.24) is 24.5 Å². The number of amides is 1. The number of aromatic nitrogens is 4. The highest BCUT2D eigenvalue weighted by Gasteiger charge is 2.41. The molecule has 0 saturated carbocycles. The van der Waals surface area contributed by atoms with E-state index < -0.39 is 15.9 Å². The van der Waals surface area contributed by atoms with E-state index in [1.165, 1.54) is 18.2 Å². The quantitative estimate of drug-likeness (QED) is 0.493. The third kappa shape index (κ3) is 5.06. The number of nitrogens with one attached hydrogen (secondary N) is 1. The highest BCUT2D eigenvalue weighted by molar-refractivity contribution is 7.90. The molecule has 1 amide bonds. The normalized spacial score (nSPS) is 17.5. The predicted molar refractivity (Wildman–Crippen MR) is 139 cm³/mol. The van der Waals surface area contributed by atoms with Crippen LogP contribution in [0.2, 0.25) is 0 Å². The molecule has 36 heavy (non-hydrogen) atoms. The van der Waals surface area contributed by atoms with E-state index in [1.807, 2.05) is 16.9 Å². The molecule has 1 aliphatic rings. The van der Waals surface area contributed by atoms with Crippen molar-refractivity contribution in [2.24, 2.45) is 11.8 Å². The lowest BCUT2D eigenvalue weighted by molar-refractivity contribution is 0.0981. The molecule has 10 nitrogen and oxygen atoms in total. The van der Waals surface area contributed by atoms with Gasteiger partial charge in [0.1, 0.15) is 17.3 Å². The number of nitrogens with two attached hydrogens (primary N) is 1. The zero-order valence-corrected chi connectivity index (χ0v) is 22.1. The summed E-state index contributed by atoms with van der Waals surface area (Å²) in [6.45, 7) is 12.1. The molecule has 3 N–H and O–H groups in total. The van der Waals surface area contributed by atoms with E-state index in [4.69, 9.17) is 10.7 Å². The van der Waals surface area contributed by atoms with Gasteiger partial charge in [-0.1, -0.05) is 26.8 Å². The van der Waals surface area contributed by atoms with Gasteiger partial charge in [0.15, 0.2) is 5.03 Å². The second kappa shape index (κ2) is 9.53. The third-order valence-electron chi connectivity index (χ3n) is 6.77. The van der Waals surface area contributed by atoms with Gasteiger partial charge in [-0.15, -0.1) is 0 Å². The lowest BCUT2D eigenvalue weighted by Gasteiger charge is -2.36. The number of hydrogen-bond donors (Lipinski definition) is 2. The summed E-state index contributed by atoms with van der Waals surface area (Å²) in [5.74, 6) is 0.476. The molecule has 0 aliphatic carbocycles. The van der Waals surface area contributed by atoms with Crippen LogP contribution in [0.15, 0.2) is 47.6 Å². The second-order valence-corrected chi connectivity index (χ2v) is 11.8. The van der Waals surface area contributed by atoms with E-state index >= 15 is 0 Å². The average Bonchev–Trinajstić information content (AvgIpc) is 3.36. The predicted octanol–water partition coefficient (Wildman–Crippen LogP) is 3.32. The Kier molecular flexibility index (Phi) is 6.78. The Morgan fingerprint density at radius 1 is 1.17 bits per heavy atom. The molecule has 1 fully saturated rings. The molecule has 0 bridgehead atoms. The number of anilines is 2. The zero-order valence-electron chi connectivity index (χ0n) is 21.3. The van der Waals surface area contributed by atoms with Gasteiger partial charge >= 0.3 is 0 Å². The van der Waals surface area contributed by atoms with E-state index in [9.17, 15) is 13.2 Å². The van der Waals surface area contributed by atoms with Gasteiger partial charge in [-0.05, 0) is 62.4 Å². The van der Waals surface area contributed by atoms with Gasteiger partial charge in [-0.2, -0.15) is 13.5 Å². The molecule has 192 valence electrons. The van der Waals surface area contributed by atoms with Crippen molar-refractivity contribution in [3.63, 3.8) is 0 Å². The zero-order chi connectivity index (χ0) is 26.3. The molecule has 3 aromatic rings. The Morgan fingerprint density at radius 2 is 1.92 bits per heavy atom. The van der Waals surface area contributed by atoms with Gasteiger partial charge < -0.3 is 10.6 Å². The fourth-order valence-electron chi connectivity index (χ4n) is 4.37. The van der Waals surface area contributed by atoms with Crippen molar-refractivity contribution in [3.05, 3.63) is 48.2 Å². The van der Waals surface area contributed by atoms with Crippen LogP contribution in [0.25, 0.3) is 11.4 Å².